The third-order valence-electron chi connectivity index (χ3n) is 3.81. The number of hydrogen-bond acceptors (Lipinski definition) is 4. The highest BCUT2D eigenvalue weighted by atomic mass is 16.5. The summed E-state index contributed by atoms with van der Waals surface area (Å²) in [6, 6.07) is 14.9. The SMILES string of the molecule is Cc1cccc(OCCCCC(=O)Nc2ccc(OCCC(N)=O)cc2)c1. The molecule has 0 atom stereocenters. The Bertz CT molecular complexity index is 744. The summed E-state index contributed by atoms with van der Waals surface area (Å²) in [6.45, 7) is 2.86. The second-order valence-corrected chi connectivity index (χ2v) is 6.26. The Labute approximate surface area is 159 Å². The van der Waals surface area contributed by atoms with Gasteiger partial charge in [-0.25, -0.2) is 0 Å². The number of aryl methyl sites for hydroxylation is 1. The van der Waals surface area contributed by atoms with Gasteiger partial charge in [-0.2, -0.15) is 0 Å². The van der Waals surface area contributed by atoms with E-state index in [2.05, 4.69) is 5.32 Å². The van der Waals surface area contributed by atoms with E-state index < -0.39 is 5.91 Å². The Morgan fingerprint density at radius 2 is 1.67 bits per heavy atom. The van der Waals surface area contributed by atoms with E-state index in [1.54, 1.807) is 24.3 Å². The molecule has 0 heterocycles. The van der Waals surface area contributed by atoms with Gasteiger partial charge in [-0.15, -0.1) is 0 Å². The molecule has 2 aromatic carbocycles. The summed E-state index contributed by atoms with van der Waals surface area (Å²) in [5.74, 6) is 1.05. The molecule has 0 unspecified atom stereocenters. The Morgan fingerprint density at radius 3 is 2.37 bits per heavy atom. The molecule has 0 fully saturated rings. The van der Waals surface area contributed by atoms with Gasteiger partial charge in [0.2, 0.25) is 11.8 Å². The van der Waals surface area contributed by atoms with Crippen molar-refractivity contribution in [2.24, 2.45) is 5.73 Å². The quantitative estimate of drug-likeness (QED) is 0.593. The molecule has 144 valence electrons. The van der Waals surface area contributed by atoms with Gasteiger partial charge in [0.25, 0.3) is 0 Å². The van der Waals surface area contributed by atoms with Crippen LogP contribution >= 0.6 is 0 Å². The Morgan fingerprint density at radius 1 is 0.926 bits per heavy atom. The summed E-state index contributed by atoms with van der Waals surface area (Å²) in [4.78, 5) is 22.7. The number of benzene rings is 2. The molecule has 3 N–H and O–H groups in total. The van der Waals surface area contributed by atoms with Crippen LogP contribution in [-0.2, 0) is 9.59 Å². The summed E-state index contributed by atoms with van der Waals surface area (Å²) in [5.41, 5.74) is 6.93. The number of primary amides is 1. The van der Waals surface area contributed by atoms with Crippen molar-refractivity contribution in [3.63, 3.8) is 0 Å². The average Bonchev–Trinajstić information content (AvgIpc) is 2.63. The zero-order chi connectivity index (χ0) is 19.5. The van der Waals surface area contributed by atoms with Crippen LogP contribution in [0.2, 0.25) is 0 Å². The number of amides is 2. The third kappa shape index (κ3) is 8.27. The van der Waals surface area contributed by atoms with E-state index in [0.717, 1.165) is 24.2 Å². The Balaban J connectivity index is 1.61. The van der Waals surface area contributed by atoms with Crippen LogP contribution in [0.4, 0.5) is 5.69 Å². The zero-order valence-electron chi connectivity index (χ0n) is 15.6. The van der Waals surface area contributed by atoms with Crippen LogP contribution in [0, 0.1) is 6.92 Å². The number of carbonyl (C=O) groups excluding carboxylic acids is 2. The summed E-state index contributed by atoms with van der Waals surface area (Å²) < 4.78 is 11.1. The van der Waals surface area contributed by atoms with Gasteiger partial charge >= 0.3 is 0 Å². The summed E-state index contributed by atoms with van der Waals surface area (Å²) in [6.07, 6.45) is 2.18. The molecule has 0 aromatic heterocycles. The fraction of sp³-hybridized carbons (Fsp3) is 0.333. The van der Waals surface area contributed by atoms with Crippen molar-refractivity contribution in [3.8, 4) is 11.5 Å². The molecule has 2 rings (SSSR count). The van der Waals surface area contributed by atoms with Gasteiger partial charge in [-0.1, -0.05) is 12.1 Å². The van der Waals surface area contributed by atoms with E-state index in [1.807, 2.05) is 31.2 Å². The van der Waals surface area contributed by atoms with Crippen LogP contribution in [0.3, 0.4) is 0 Å². The molecule has 0 saturated heterocycles. The second-order valence-electron chi connectivity index (χ2n) is 6.26. The van der Waals surface area contributed by atoms with E-state index in [0.29, 0.717) is 24.5 Å². The lowest BCUT2D eigenvalue weighted by molar-refractivity contribution is -0.118. The highest BCUT2D eigenvalue weighted by Gasteiger charge is 2.04. The number of carbonyl (C=O) groups is 2. The van der Waals surface area contributed by atoms with Gasteiger partial charge in [0.1, 0.15) is 11.5 Å². The Hall–Kier alpha value is -3.02. The van der Waals surface area contributed by atoms with E-state index in [-0.39, 0.29) is 18.9 Å². The first-order valence-electron chi connectivity index (χ1n) is 9.03. The van der Waals surface area contributed by atoms with Crippen molar-refractivity contribution in [2.75, 3.05) is 18.5 Å². The number of hydrogen-bond donors (Lipinski definition) is 2. The molecule has 0 aliphatic carbocycles. The maximum atomic E-state index is 12.0. The lowest BCUT2D eigenvalue weighted by Crippen LogP contribution is -2.14. The van der Waals surface area contributed by atoms with Gasteiger partial charge in [-0.3, -0.25) is 9.59 Å². The molecule has 0 spiro atoms. The molecule has 6 nitrogen and oxygen atoms in total. The van der Waals surface area contributed by atoms with Crippen LogP contribution in [-0.4, -0.2) is 25.0 Å². The molecule has 0 bridgehead atoms. The molecule has 27 heavy (non-hydrogen) atoms. The predicted molar refractivity (Wildman–Crippen MR) is 105 cm³/mol. The van der Waals surface area contributed by atoms with Crippen LogP contribution in [0.1, 0.15) is 31.2 Å². The first-order chi connectivity index (χ1) is 13.0. The smallest absolute Gasteiger partial charge is 0.224 e. The topological polar surface area (TPSA) is 90.7 Å². The fourth-order valence-corrected chi connectivity index (χ4v) is 2.41. The highest BCUT2D eigenvalue weighted by Crippen LogP contribution is 2.16. The fourth-order valence-electron chi connectivity index (χ4n) is 2.41. The molecule has 0 aliphatic rings. The summed E-state index contributed by atoms with van der Waals surface area (Å²) in [7, 11) is 0. The van der Waals surface area contributed by atoms with Crippen LogP contribution < -0.4 is 20.5 Å². The zero-order valence-corrected chi connectivity index (χ0v) is 15.6. The monoisotopic (exact) mass is 370 g/mol. The lowest BCUT2D eigenvalue weighted by Gasteiger charge is -2.08. The van der Waals surface area contributed by atoms with Crippen LogP contribution in [0.5, 0.6) is 11.5 Å². The molecule has 0 saturated carbocycles. The molecule has 6 heteroatoms. The van der Waals surface area contributed by atoms with E-state index >= 15 is 0 Å². The number of nitrogens with one attached hydrogen (secondary N) is 1. The maximum absolute atomic E-state index is 12.0. The summed E-state index contributed by atoms with van der Waals surface area (Å²) in [5, 5.41) is 2.85. The van der Waals surface area contributed by atoms with Crippen molar-refractivity contribution >= 4 is 17.5 Å². The van der Waals surface area contributed by atoms with Crippen molar-refractivity contribution in [1.29, 1.82) is 0 Å². The van der Waals surface area contributed by atoms with Gasteiger partial charge in [0.15, 0.2) is 0 Å². The number of anilines is 1. The Kier molecular flexibility index (Phi) is 8.16. The van der Waals surface area contributed by atoms with Crippen LogP contribution in [0.25, 0.3) is 0 Å². The number of ether oxygens (including phenoxy) is 2. The summed E-state index contributed by atoms with van der Waals surface area (Å²) >= 11 is 0. The van der Waals surface area contributed by atoms with Gasteiger partial charge < -0.3 is 20.5 Å². The minimum absolute atomic E-state index is 0.0343. The second kappa shape index (κ2) is 10.9. The minimum atomic E-state index is -0.400. The molecule has 0 radical (unpaired) electrons. The van der Waals surface area contributed by atoms with Crippen molar-refractivity contribution < 1.29 is 19.1 Å². The van der Waals surface area contributed by atoms with E-state index in [1.165, 1.54) is 0 Å². The minimum Gasteiger partial charge on any atom is -0.494 e. The standard InChI is InChI=1S/C21H26N2O4/c1-16-5-4-6-19(15-16)26-13-3-2-7-21(25)23-17-8-10-18(11-9-17)27-14-12-20(22)24/h4-6,8-11,15H,2-3,7,12-14H2,1H3,(H2,22,24)(H,23,25). The van der Waals surface area contributed by atoms with Gasteiger partial charge in [-0.05, 0) is 61.7 Å². The number of unbranched alkanes of at least 4 members (excludes halogenated alkanes) is 1. The van der Waals surface area contributed by atoms with Crippen molar-refractivity contribution in [3.05, 3.63) is 54.1 Å². The predicted octanol–water partition coefficient (Wildman–Crippen LogP) is 3.44. The highest BCUT2D eigenvalue weighted by molar-refractivity contribution is 5.90. The molecular formula is C21H26N2O4. The molecular weight excluding hydrogens is 344 g/mol. The molecule has 2 amide bonds. The number of rotatable bonds is 11. The van der Waals surface area contributed by atoms with E-state index in [4.69, 9.17) is 15.2 Å². The van der Waals surface area contributed by atoms with Crippen molar-refractivity contribution in [1.82, 2.24) is 0 Å². The van der Waals surface area contributed by atoms with E-state index in [9.17, 15) is 9.59 Å². The average molecular weight is 370 g/mol. The lowest BCUT2D eigenvalue weighted by atomic mass is 10.2. The maximum Gasteiger partial charge on any atom is 0.224 e. The first-order valence-corrected chi connectivity index (χ1v) is 9.03. The molecule has 2 aromatic rings. The normalized spacial score (nSPS) is 10.3. The number of nitrogens with two attached hydrogens (primary N) is 1. The van der Waals surface area contributed by atoms with Crippen LogP contribution in [0.15, 0.2) is 48.5 Å². The first kappa shape index (κ1) is 20.3. The van der Waals surface area contributed by atoms with Gasteiger partial charge in [0.05, 0.1) is 19.6 Å². The third-order valence-corrected chi connectivity index (χ3v) is 3.81. The van der Waals surface area contributed by atoms with Gasteiger partial charge in [0, 0.05) is 12.1 Å². The van der Waals surface area contributed by atoms with Crippen molar-refractivity contribution in [2.45, 2.75) is 32.6 Å². The molecule has 0 aliphatic heterocycles. The largest absolute Gasteiger partial charge is 0.494 e.